The highest BCUT2D eigenvalue weighted by Gasteiger charge is 2.17. The van der Waals surface area contributed by atoms with Crippen molar-refractivity contribution in [2.24, 2.45) is 0 Å². The van der Waals surface area contributed by atoms with Gasteiger partial charge in [0.05, 0.1) is 17.1 Å². The highest BCUT2D eigenvalue weighted by Crippen LogP contribution is 2.25. The van der Waals surface area contributed by atoms with E-state index in [0.717, 1.165) is 36.6 Å². The van der Waals surface area contributed by atoms with Crippen LogP contribution >= 0.6 is 0 Å². The first-order valence-corrected chi connectivity index (χ1v) is 8.02. The highest BCUT2D eigenvalue weighted by atomic mass is 16.5. The monoisotopic (exact) mass is 287 g/mol. The zero-order valence-electron chi connectivity index (χ0n) is 13.0. The number of aromatic nitrogens is 2. The van der Waals surface area contributed by atoms with Crippen LogP contribution < -0.4 is 5.73 Å². The van der Waals surface area contributed by atoms with E-state index in [0.29, 0.717) is 12.0 Å². The van der Waals surface area contributed by atoms with Crippen LogP contribution in [-0.4, -0.2) is 22.3 Å². The van der Waals surface area contributed by atoms with E-state index < -0.39 is 0 Å². The molecule has 0 spiro atoms. The summed E-state index contributed by atoms with van der Waals surface area (Å²) in [7, 11) is 0. The number of fused-ring (bicyclic) bond motifs is 1. The fourth-order valence-electron chi connectivity index (χ4n) is 3.15. The molecule has 1 fully saturated rings. The van der Waals surface area contributed by atoms with Gasteiger partial charge in [-0.3, -0.25) is 0 Å². The van der Waals surface area contributed by atoms with Crippen LogP contribution in [0.15, 0.2) is 18.2 Å². The third-order valence-electron chi connectivity index (χ3n) is 4.27. The predicted molar refractivity (Wildman–Crippen MR) is 86.4 cm³/mol. The van der Waals surface area contributed by atoms with Gasteiger partial charge >= 0.3 is 0 Å². The lowest BCUT2D eigenvalue weighted by atomic mass is 10.1. The average molecular weight is 287 g/mol. The Kier molecular flexibility index (Phi) is 4.15. The van der Waals surface area contributed by atoms with Crippen molar-refractivity contribution in [1.29, 1.82) is 0 Å². The van der Waals surface area contributed by atoms with E-state index in [4.69, 9.17) is 15.5 Å². The zero-order valence-corrected chi connectivity index (χ0v) is 13.0. The lowest BCUT2D eigenvalue weighted by Gasteiger charge is -2.23. The van der Waals surface area contributed by atoms with Crippen LogP contribution in [0.2, 0.25) is 0 Å². The molecule has 2 aromatic rings. The van der Waals surface area contributed by atoms with Crippen molar-refractivity contribution >= 4 is 16.7 Å². The second-order valence-corrected chi connectivity index (χ2v) is 6.30. The number of hydrogen-bond acceptors (Lipinski definition) is 3. The third-order valence-corrected chi connectivity index (χ3v) is 4.27. The summed E-state index contributed by atoms with van der Waals surface area (Å²) in [5.74, 6) is 1.55. The quantitative estimate of drug-likeness (QED) is 0.872. The average Bonchev–Trinajstić information content (AvgIpc) is 2.84. The number of ether oxygens (including phenoxy) is 1. The van der Waals surface area contributed by atoms with E-state index >= 15 is 0 Å². The Balaban J connectivity index is 1.86. The van der Waals surface area contributed by atoms with Crippen LogP contribution in [0.5, 0.6) is 0 Å². The van der Waals surface area contributed by atoms with Crippen molar-refractivity contribution in [3.8, 4) is 0 Å². The Bertz CT molecular complexity index is 612. The van der Waals surface area contributed by atoms with E-state index in [1.165, 1.54) is 24.8 Å². The van der Waals surface area contributed by atoms with Crippen LogP contribution in [-0.2, 0) is 11.3 Å². The molecule has 1 aliphatic rings. The van der Waals surface area contributed by atoms with Gasteiger partial charge in [0.1, 0.15) is 5.82 Å². The first-order chi connectivity index (χ1) is 10.1. The largest absolute Gasteiger partial charge is 0.399 e. The molecule has 1 saturated heterocycles. The number of imidazole rings is 1. The topological polar surface area (TPSA) is 53.1 Å². The van der Waals surface area contributed by atoms with Gasteiger partial charge in [0, 0.05) is 24.8 Å². The maximum atomic E-state index is 5.88. The third kappa shape index (κ3) is 3.05. The molecule has 1 aliphatic heterocycles. The molecule has 0 saturated carbocycles. The molecule has 4 nitrogen and oxygen atoms in total. The first kappa shape index (κ1) is 14.4. The lowest BCUT2D eigenvalue weighted by molar-refractivity contribution is 0.00884. The number of nitrogens with zero attached hydrogens (tertiary/aromatic N) is 2. The normalized spacial score (nSPS) is 19.5. The van der Waals surface area contributed by atoms with Gasteiger partial charge in [-0.25, -0.2) is 4.98 Å². The standard InChI is InChI=1S/C17H25N3O/c1-12(2)17-19-15-11-13(18)6-7-16(15)20(17)9-8-14-5-3-4-10-21-14/h6-7,11-12,14H,3-5,8-10,18H2,1-2H3. The maximum Gasteiger partial charge on any atom is 0.112 e. The van der Waals surface area contributed by atoms with Crippen LogP contribution in [0.4, 0.5) is 5.69 Å². The number of anilines is 1. The van der Waals surface area contributed by atoms with Crippen LogP contribution in [0, 0.1) is 0 Å². The summed E-state index contributed by atoms with van der Waals surface area (Å²) in [6, 6.07) is 6.02. The molecule has 1 atom stereocenters. The minimum atomic E-state index is 0.407. The minimum absolute atomic E-state index is 0.407. The molecule has 1 unspecified atom stereocenters. The maximum absolute atomic E-state index is 5.88. The Morgan fingerprint density at radius 3 is 2.95 bits per heavy atom. The summed E-state index contributed by atoms with van der Waals surface area (Å²) in [5, 5.41) is 0. The van der Waals surface area contributed by atoms with Gasteiger partial charge < -0.3 is 15.0 Å². The van der Waals surface area contributed by atoms with Gasteiger partial charge in [-0.15, -0.1) is 0 Å². The van der Waals surface area contributed by atoms with Gasteiger partial charge in [-0.1, -0.05) is 13.8 Å². The van der Waals surface area contributed by atoms with Crippen molar-refractivity contribution in [2.45, 2.75) is 58.1 Å². The van der Waals surface area contributed by atoms with Crippen molar-refractivity contribution < 1.29 is 4.74 Å². The molecule has 0 aliphatic carbocycles. The van der Waals surface area contributed by atoms with Gasteiger partial charge in [-0.2, -0.15) is 0 Å². The second-order valence-electron chi connectivity index (χ2n) is 6.30. The molecule has 21 heavy (non-hydrogen) atoms. The Labute approximate surface area is 126 Å². The number of rotatable bonds is 4. The summed E-state index contributed by atoms with van der Waals surface area (Å²) in [4.78, 5) is 4.78. The summed E-state index contributed by atoms with van der Waals surface area (Å²) < 4.78 is 8.20. The molecular weight excluding hydrogens is 262 g/mol. The van der Waals surface area contributed by atoms with E-state index in [1.54, 1.807) is 0 Å². The molecule has 4 heteroatoms. The van der Waals surface area contributed by atoms with E-state index in [9.17, 15) is 0 Å². The van der Waals surface area contributed by atoms with Crippen LogP contribution in [0.3, 0.4) is 0 Å². The summed E-state index contributed by atoms with van der Waals surface area (Å²) >= 11 is 0. The predicted octanol–water partition coefficient (Wildman–Crippen LogP) is 3.70. The van der Waals surface area contributed by atoms with Crippen molar-refractivity contribution in [2.75, 3.05) is 12.3 Å². The molecule has 3 rings (SSSR count). The van der Waals surface area contributed by atoms with Crippen LogP contribution in [0.25, 0.3) is 11.0 Å². The van der Waals surface area contributed by atoms with Crippen molar-refractivity contribution in [1.82, 2.24) is 9.55 Å². The molecule has 0 radical (unpaired) electrons. The van der Waals surface area contributed by atoms with E-state index in [2.05, 4.69) is 24.5 Å². The number of hydrogen-bond donors (Lipinski definition) is 1. The SMILES string of the molecule is CC(C)c1nc2cc(N)ccc2n1CCC1CCCCO1. The fraction of sp³-hybridized carbons (Fsp3) is 0.588. The van der Waals surface area contributed by atoms with Gasteiger partial charge in [0.2, 0.25) is 0 Å². The molecule has 1 aromatic carbocycles. The molecule has 114 valence electrons. The van der Waals surface area contributed by atoms with Crippen molar-refractivity contribution in [3.05, 3.63) is 24.0 Å². The zero-order chi connectivity index (χ0) is 14.8. The van der Waals surface area contributed by atoms with E-state index in [-0.39, 0.29) is 0 Å². The number of benzene rings is 1. The van der Waals surface area contributed by atoms with Gasteiger partial charge in [0.25, 0.3) is 0 Å². The first-order valence-electron chi connectivity index (χ1n) is 8.02. The molecule has 2 heterocycles. The molecule has 0 amide bonds. The van der Waals surface area contributed by atoms with Gasteiger partial charge in [0.15, 0.2) is 0 Å². The second kappa shape index (κ2) is 6.06. The summed E-state index contributed by atoms with van der Waals surface area (Å²) in [5.41, 5.74) is 8.84. The molecule has 0 bridgehead atoms. The molecule has 2 N–H and O–H groups in total. The number of aryl methyl sites for hydroxylation is 1. The smallest absolute Gasteiger partial charge is 0.112 e. The molecular formula is C17H25N3O. The van der Waals surface area contributed by atoms with Crippen LogP contribution in [0.1, 0.15) is 51.3 Å². The highest BCUT2D eigenvalue weighted by molar-refractivity contribution is 5.79. The number of nitrogen functional groups attached to an aromatic ring is 1. The Morgan fingerprint density at radius 1 is 1.38 bits per heavy atom. The minimum Gasteiger partial charge on any atom is -0.399 e. The summed E-state index contributed by atoms with van der Waals surface area (Å²) in [6.07, 6.45) is 5.17. The summed E-state index contributed by atoms with van der Waals surface area (Å²) in [6.45, 7) is 6.28. The Morgan fingerprint density at radius 2 is 2.24 bits per heavy atom. The van der Waals surface area contributed by atoms with Gasteiger partial charge in [-0.05, 0) is 43.9 Å². The Hall–Kier alpha value is -1.55. The molecule has 1 aromatic heterocycles. The van der Waals surface area contributed by atoms with E-state index in [1.807, 2.05) is 12.1 Å². The fourth-order valence-corrected chi connectivity index (χ4v) is 3.15. The van der Waals surface area contributed by atoms with Crippen molar-refractivity contribution in [3.63, 3.8) is 0 Å². The lowest BCUT2D eigenvalue weighted by Crippen LogP contribution is -2.21. The number of nitrogens with two attached hydrogens (primary N) is 1.